The average molecular weight is 424 g/mol. The van der Waals surface area contributed by atoms with Crippen molar-refractivity contribution >= 4 is 17.8 Å². The molecule has 1 aromatic carbocycles. The largest absolute Gasteiger partial charge is 0.484 e. The SMILES string of the molecule is Cc1cc(C(=O)NC(C)c2ccc(OCC(F)(F)F)cc2)nc(NC(=O)C(C)C)n1. The van der Waals surface area contributed by atoms with Gasteiger partial charge in [-0.3, -0.25) is 14.9 Å². The number of aromatic nitrogens is 2. The van der Waals surface area contributed by atoms with Gasteiger partial charge in [0.2, 0.25) is 11.9 Å². The summed E-state index contributed by atoms with van der Waals surface area (Å²) in [6.45, 7) is 5.46. The molecule has 2 amide bonds. The molecule has 0 spiro atoms. The van der Waals surface area contributed by atoms with E-state index < -0.39 is 24.7 Å². The highest BCUT2D eigenvalue weighted by Crippen LogP contribution is 2.21. The molecule has 30 heavy (non-hydrogen) atoms. The summed E-state index contributed by atoms with van der Waals surface area (Å²) in [4.78, 5) is 32.6. The maximum Gasteiger partial charge on any atom is 0.422 e. The summed E-state index contributed by atoms with van der Waals surface area (Å²) in [6.07, 6.45) is -4.41. The molecule has 0 aliphatic heterocycles. The predicted molar refractivity (Wildman–Crippen MR) is 104 cm³/mol. The zero-order chi connectivity index (χ0) is 22.5. The second-order valence-electron chi connectivity index (χ2n) is 7.03. The minimum Gasteiger partial charge on any atom is -0.484 e. The Morgan fingerprint density at radius 2 is 1.73 bits per heavy atom. The first kappa shape index (κ1) is 23.1. The molecule has 2 N–H and O–H groups in total. The Hall–Kier alpha value is -3.17. The number of hydrogen-bond acceptors (Lipinski definition) is 5. The average Bonchev–Trinajstić information content (AvgIpc) is 2.65. The van der Waals surface area contributed by atoms with Gasteiger partial charge in [-0.2, -0.15) is 13.2 Å². The topological polar surface area (TPSA) is 93.2 Å². The summed E-state index contributed by atoms with van der Waals surface area (Å²) in [6, 6.07) is 6.97. The maximum absolute atomic E-state index is 12.6. The molecule has 1 unspecified atom stereocenters. The molecule has 0 radical (unpaired) electrons. The van der Waals surface area contributed by atoms with Crippen LogP contribution in [-0.4, -0.2) is 34.6 Å². The van der Waals surface area contributed by atoms with Gasteiger partial charge in [0.25, 0.3) is 5.91 Å². The van der Waals surface area contributed by atoms with Crippen LogP contribution in [0.4, 0.5) is 19.1 Å². The van der Waals surface area contributed by atoms with E-state index in [-0.39, 0.29) is 29.2 Å². The molecule has 1 atom stereocenters. The Labute approximate surface area is 172 Å². The van der Waals surface area contributed by atoms with Crippen LogP contribution in [0.1, 0.15) is 48.6 Å². The summed E-state index contributed by atoms with van der Waals surface area (Å²) in [5.74, 6) is -0.905. The van der Waals surface area contributed by atoms with Crippen LogP contribution in [-0.2, 0) is 4.79 Å². The first-order chi connectivity index (χ1) is 13.9. The number of alkyl halides is 3. The number of halogens is 3. The van der Waals surface area contributed by atoms with Crippen LogP contribution in [0.5, 0.6) is 5.75 Å². The van der Waals surface area contributed by atoms with Crippen LogP contribution >= 0.6 is 0 Å². The third-order valence-electron chi connectivity index (χ3n) is 3.98. The van der Waals surface area contributed by atoms with Crippen molar-refractivity contribution in [1.82, 2.24) is 15.3 Å². The van der Waals surface area contributed by atoms with E-state index in [0.29, 0.717) is 11.3 Å². The van der Waals surface area contributed by atoms with Crippen LogP contribution in [0, 0.1) is 12.8 Å². The number of nitrogens with zero attached hydrogens (tertiary/aromatic N) is 2. The Kier molecular flexibility index (Phi) is 7.36. The van der Waals surface area contributed by atoms with Crippen LogP contribution in [0.3, 0.4) is 0 Å². The number of ether oxygens (including phenoxy) is 1. The van der Waals surface area contributed by atoms with E-state index in [2.05, 4.69) is 25.3 Å². The molecule has 0 aliphatic carbocycles. The predicted octanol–water partition coefficient (Wildman–Crippen LogP) is 3.81. The van der Waals surface area contributed by atoms with Gasteiger partial charge in [-0.05, 0) is 37.6 Å². The Bertz CT molecular complexity index is 899. The molecule has 2 rings (SSSR count). The van der Waals surface area contributed by atoms with Crippen molar-refractivity contribution in [1.29, 1.82) is 0 Å². The molecule has 0 saturated heterocycles. The number of carbonyl (C=O) groups excluding carboxylic acids is 2. The molecule has 10 heteroatoms. The van der Waals surface area contributed by atoms with Crippen LogP contribution in [0.25, 0.3) is 0 Å². The lowest BCUT2D eigenvalue weighted by atomic mass is 10.1. The molecule has 1 aromatic heterocycles. The standard InChI is InChI=1S/C20H23F3N4O3/c1-11(2)17(28)27-19-24-12(3)9-16(26-19)18(29)25-13(4)14-5-7-15(8-6-14)30-10-20(21,22)23/h5-9,11,13H,10H2,1-4H3,(H,25,29)(H,24,26,27,28). The third kappa shape index (κ3) is 7.02. The minimum absolute atomic E-state index is 0.0395. The van der Waals surface area contributed by atoms with Gasteiger partial charge in [-0.15, -0.1) is 0 Å². The molecule has 0 aliphatic rings. The van der Waals surface area contributed by atoms with E-state index >= 15 is 0 Å². The fourth-order valence-electron chi connectivity index (χ4n) is 2.37. The van der Waals surface area contributed by atoms with Gasteiger partial charge in [0.15, 0.2) is 6.61 Å². The van der Waals surface area contributed by atoms with E-state index in [1.54, 1.807) is 39.8 Å². The van der Waals surface area contributed by atoms with Gasteiger partial charge in [0.05, 0.1) is 6.04 Å². The number of hydrogen-bond donors (Lipinski definition) is 2. The summed E-state index contributed by atoms with van der Waals surface area (Å²) in [5, 5.41) is 5.31. The second-order valence-corrected chi connectivity index (χ2v) is 7.03. The second kappa shape index (κ2) is 9.55. The molecule has 0 saturated carbocycles. The van der Waals surface area contributed by atoms with E-state index in [9.17, 15) is 22.8 Å². The monoisotopic (exact) mass is 424 g/mol. The molecule has 2 aromatic rings. The number of carbonyl (C=O) groups is 2. The van der Waals surface area contributed by atoms with Gasteiger partial charge < -0.3 is 10.1 Å². The highest BCUT2D eigenvalue weighted by Gasteiger charge is 2.28. The van der Waals surface area contributed by atoms with Crippen molar-refractivity contribution in [2.24, 2.45) is 5.92 Å². The summed E-state index contributed by atoms with van der Waals surface area (Å²) in [5.41, 5.74) is 1.26. The molecule has 162 valence electrons. The minimum atomic E-state index is -4.41. The first-order valence-electron chi connectivity index (χ1n) is 9.21. The van der Waals surface area contributed by atoms with Crippen molar-refractivity contribution in [3.05, 3.63) is 47.3 Å². The fourth-order valence-corrected chi connectivity index (χ4v) is 2.37. The lowest BCUT2D eigenvalue weighted by Crippen LogP contribution is -2.28. The van der Waals surface area contributed by atoms with Crippen LogP contribution in [0.15, 0.2) is 30.3 Å². The highest BCUT2D eigenvalue weighted by atomic mass is 19.4. The van der Waals surface area contributed by atoms with Gasteiger partial charge in [0, 0.05) is 11.6 Å². The molecule has 1 heterocycles. The van der Waals surface area contributed by atoms with E-state index in [1.165, 1.54) is 18.2 Å². The van der Waals surface area contributed by atoms with Gasteiger partial charge in [-0.1, -0.05) is 26.0 Å². The highest BCUT2D eigenvalue weighted by molar-refractivity contribution is 5.94. The van der Waals surface area contributed by atoms with Crippen molar-refractivity contribution in [2.75, 3.05) is 11.9 Å². The lowest BCUT2D eigenvalue weighted by molar-refractivity contribution is -0.153. The van der Waals surface area contributed by atoms with E-state index in [0.717, 1.165) is 0 Å². The number of anilines is 1. The Balaban J connectivity index is 2.04. The lowest BCUT2D eigenvalue weighted by Gasteiger charge is -2.16. The Morgan fingerprint density at radius 1 is 1.10 bits per heavy atom. The zero-order valence-corrected chi connectivity index (χ0v) is 17.0. The van der Waals surface area contributed by atoms with Gasteiger partial charge in [-0.25, -0.2) is 9.97 Å². The van der Waals surface area contributed by atoms with Crippen LogP contribution < -0.4 is 15.4 Å². The quantitative estimate of drug-likeness (QED) is 0.705. The number of rotatable bonds is 7. The van der Waals surface area contributed by atoms with E-state index in [4.69, 9.17) is 0 Å². The van der Waals surface area contributed by atoms with Gasteiger partial charge in [0.1, 0.15) is 11.4 Å². The summed E-state index contributed by atoms with van der Waals surface area (Å²) < 4.78 is 41.3. The smallest absolute Gasteiger partial charge is 0.422 e. The van der Waals surface area contributed by atoms with Crippen LogP contribution in [0.2, 0.25) is 0 Å². The van der Waals surface area contributed by atoms with E-state index in [1.807, 2.05) is 0 Å². The van der Waals surface area contributed by atoms with Crippen molar-refractivity contribution in [2.45, 2.75) is 39.9 Å². The molecule has 7 nitrogen and oxygen atoms in total. The third-order valence-corrected chi connectivity index (χ3v) is 3.98. The molecule has 0 bridgehead atoms. The Morgan fingerprint density at radius 3 is 2.30 bits per heavy atom. The molecular weight excluding hydrogens is 401 g/mol. The zero-order valence-electron chi connectivity index (χ0n) is 17.0. The van der Waals surface area contributed by atoms with Crippen molar-refractivity contribution < 1.29 is 27.5 Å². The molecule has 0 fully saturated rings. The molecular formula is C20H23F3N4O3. The van der Waals surface area contributed by atoms with Crippen molar-refractivity contribution in [3.63, 3.8) is 0 Å². The van der Waals surface area contributed by atoms with Crippen molar-refractivity contribution in [3.8, 4) is 5.75 Å². The summed E-state index contributed by atoms with van der Waals surface area (Å²) >= 11 is 0. The maximum atomic E-state index is 12.6. The number of aryl methyl sites for hydroxylation is 1. The number of benzene rings is 1. The summed E-state index contributed by atoms with van der Waals surface area (Å²) in [7, 11) is 0. The normalized spacial score (nSPS) is 12.4. The number of nitrogens with one attached hydrogen (secondary N) is 2. The fraction of sp³-hybridized carbons (Fsp3) is 0.400. The number of amides is 2. The first-order valence-corrected chi connectivity index (χ1v) is 9.21. The van der Waals surface area contributed by atoms with Gasteiger partial charge >= 0.3 is 6.18 Å².